The zero-order valence-corrected chi connectivity index (χ0v) is 9.61. The molecular formula is C11H20N4. The molecule has 0 bridgehead atoms. The zero-order valence-electron chi connectivity index (χ0n) is 9.61. The minimum absolute atomic E-state index is 0.643. The molecule has 1 aromatic rings. The van der Waals surface area contributed by atoms with Gasteiger partial charge in [-0.15, -0.1) is 0 Å². The van der Waals surface area contributed by atoms with Crippen LogP contribution >= 0.6 is 0 Å². The van der Waals surface area contributed by atoms with E-state index in [4.69, 9.17) is 0 Å². The largest absolute Gasteiger partial charge is 0.366 e. The number of nitrogens with one attached hydrogen (secondary N) is 1. The Labute approximate surface area is 91.3 Å². The molecule has 0 radical (unpaired) electrons. The number of rotatable bonds is 3. The van der Waals surface area contributed by atoms with Gasteiger partial charge in [0, 0.05) is 38.9 Å². The highest BCUT2D eigenvalue weighted by molar-refractivity contribution is 5.43. The van der Waals surface area contributed by atoms with Crippen LogP contribution in [0.4, 0.5) is 5.69 Å². The van der Waals surface area contributed by atoms with E-state index < -0.39 is 0 Å². The first-order valence-corrected chi connectivity index (χ1v) is 5.76. The topological polar surface area (TPSA) is 33.1 Å². The van der Waals surface area contributed by atoms with Crippen LogP contribution in [-0.2, 0) is 7.05 Å². The van der Waals surface area contributed by atoms with Crippen LogP contribution in [0.25, 0.3) is 0 Å². The third-order valence-electron chi connectivity index (χ3n) is 2.95. The lowest BCUT2D eigenvalue weighted by Crippen LogP contribution is -2.50. The molecule has 15 heavy (non-hydrogen) atoms. The predicted octanol–water partition coefficient (Wildman–Crippen LogP) is 0.998. The molecule has 0 aromatic carbocycles. The molecule has 0 amide bonds. The molecule has 4 heteroatoms. The van der Waals surface area contributed by atoms with Crippen molar-refractivity contribution in [1.82, 2.24) is 15.1 Å². The number of nitrogens with zero attached hydrogens (tertiary/aromatic N) is 3. The summed E-state index contributed by atoms with van der Waals surface area (Å²) < 4.78 is 1.87. The molecule has 1 saturated heterocycles. The van der Waals surface area contributed by atoms with Gasteiger partial charge in [0.2, 0.25) is 0 Å². The maximum absolute atomic E-state index is 4.22. The number of hydrogen-bond acceptors (Lipinski definition) is 3. The molecule has 0 saturated carbocycles. The van der Waals surface area contributed by atoms with Crippen LogP contribution in [0.1, 0.15) is 19.8 Å². The van der Waals surface area contributed by atoms with Gasteiger partial charge in [-0.2, -0.15) is 5.10 Å². The van der Waals surface area contributed by atoms with Crippen LogP contribution < -0.4 is 10.2 Å². The fourth-order valence-electron chi connectivity index (χ4n) is 2.17. The summed E-state index contributed by atoms with van der Waals surface area (Å²) in [5.41, 5.74) is 1.25. The van der Waals surface area contributed by atoms with Crippen molar-refractivity contribution < 1.29 is 0 Å². The fourth-order valence-corrected chi connectivity index (χ4v) is 2.17. The van der Waals surface area contributed by atoms with Gasteiger partial charge in [-0.3, -0.25) is 4.68 Å². The maximum atomic E-state index is 4.22. The number of anilines is 1. The SMILES string of the molecule is CCCC1CN(c2cnn(C)c2)CCN1. The molecule has 1 N–H and O–H groups in total. The van der Waals surface area contributed by atoms with Gasteiger partial charge in [0.1, 0.15) is 0 Å². The Balaban J connectivity index is 1.98. The van der Waals surface area contributed by atoms with Crippen LogP contribution in [0.5, 0.6) is 0 Å². The molecule has 1 aromatic heterocycles. The number of piperazine rings is 1. The van der Waals surface area contributed by atoms with Crippen molar-refractivity contribution in [2.75, 3.05) is 24.5 Å². The van der Waals surface area contributed by atoms with E-state index in [0.717, 1.165) is 19.6 Å². The van der Waals surface area contributed by atoms with E-state index in [1.807, 2.05) is 17.9 Å². The molecule has 1 aliphatic rings. The molecular weight excluding hydrogens is 188 g/mol. The normalized spacial score (nSPS) is 22.0. The summed E-state index contributed by atoms with van der Waals surface area (Å²) in [5.74, 6) is 0. The zero-order chi connectivity index (χ0) is 10.7. The second-order valence-corrected chi connectivity index (χ2v) is 4.26. The van der Waals surface area contributed by atoms with Crippen LogP contribution in [0, 0.1) is 0 Å². The van der Waals surface area contributed by atoms with E-state index >= 15 is 0 Å². The molecule has 1 fully saturated rings. The molecule has 1 unspecified atom stereocenters. The molecule has 84 valence electrons. The minimum Gasteiger partial charge on any atom is -0.366 e. The second-order valence-electron chi connectivity index (χ2n) is 4.26. The Morgan fingerprint density at radius 3 is 3.13 bits per heavy atom. The quantitative estimate of drug-likeness (QED) is 0.804. The van der Waals surface area contributed by atoms with Crippen molar-refractivity contribution in [3.63, 3.8) is 0 Å². The van der Waals surface area contributed by atoms with Gasteiger partial charge in [-0.05, 0) is 6.42 Å². The van der Waals surface area contributed by atoms with Gasteiger partial charge in [0.05, 0.1) is 11.9 Å². The lowest BCUT2D eigenvalue weighted by atomic mass is 10.1. The molecule has 0 aliphatic carbocycles. The van der Waals surface area contributed by atoms with Crippen molar-refractivity contribution in [3.05, 3.63) is 12.4 Å². The fraction of sp³-hybridized carbons (Fsp3) is 0.727. The van der Waals surface area contributed by atoms with E-state index in [0.29, 0.717) is 6.04 Å². The molecule has 1 aliphatic heterocycles. The summed E-state index contributed by atoms with van der Waals surface area (Å²) in [5, 5.41) is 7.78. The first-order chi connectivity index (χ1) is 7.29. The Kier molecular flexibility index (Phi) is 3.26. The lowest BCUT2D eigenvalue weighted by molar-refractivity contribution is 0.431. The Hall–Kier alpha value is -1.03. The van der Waals surface area contributed by atoms with E-state index in [-0.39, 0.29) is 0 Å². The summed E-state index contributed by atoms with van der Waals surface area (Å²) in [6.07, 6.45) is 6.55. The van der Waals surface area contributed by atoms with Crippen molar-refractivity contribution in [1.29, 1.82) is 0 Å². The highest BCUT2D eigenvalue weighted by atomic mass is 15.3. The molecule has 2 rings (SSSR count). The van der Waals surface area contributed by atoms with E-state index in [9.17, 15) is 0 Å². The number of aryl methyl sites for hydroxylation is 1. The summed E-state index contributed by atoms with van der Waals surface area (Å²) in [6.45, 7) is 5.52. The van der Waals surface area contributed by atoms with Crippen molar-refractivity contribution in [2.45, 2.75) is 25.8 Å². The van der Waals surface area contributed by atoms with Crippen LogP contribution in [0.2, 0.25) is 0 Å². The van der Waals surface area contributed by atoms with Gasteiger partial charge in [0.15, 0.2) is 0 Å². The number of aromatic nitrogens is 2. The first kappa shape index (κ1) is 10.5. The molecule has 2 heterocycles. The number of hydrogen-bond donors (Lipinski definition) is 1. The third kappa shape index (κ3) is 2.50. The van der Waals surface area contributed by atoms with Gasteiger partial charge in [-0.1, -0.05) is 13.3 Å². The van der Waals surface area contributed by atoms with Crippen LogP contribution in [0.15, 0.2) is 12.4 Å². The Morgan fingerprint density at radius 1 is 1.60 bits per heavy atom. The Bertz CT molecular complexity index is 305. The standard InChI is InChI=1S/C11H20N4/c1-3-4-10-8-15(6-5-12-10)11-7-13-14(2)9-11/h7,9-10,12H,3-6,8H2,1-2H3. The van der Waals surface area contributed by atoms with Gasteiger partial charge >= 0.3 is 0 Å². The average molecular weight is 208 g/mol. The summed E-state index contributed by atoms with van der Waals surface area (Å²) in [7, 11) is 1.97. The van der Waals surface area contributed by atoms with Crippen molar-refractivity contribution in [3.8, 4) is 0 Å². The van der Waals surface area contributed by atoms with E-state index in [1.54, 1.807) is 0 Å². The first-order valence-electron chi connectivity index (χ1n) is 5.76. The van der Waals surface area contributed by atoms with E-state index in [1.165, 1.54) is 18.5 Å². The Morgan fingerprint density at radius 2 is 2.47 bits per heavy atom. The third-order valence-corrected chi connectivity index (χ3v) is 2.95. The van der Waals surface area contributed by atoms with Crippen LogP contribution in [0.3, 0.4) is 0 Å². The summed E-state index contributed by atoms with van der Waals surface area (Å²) >= 11 is 0. The molecule has 1 atom stereocenters. The average Bonchev–Trinajstić information content (AvgIpc) is 2.66. The molecule has 0 spiro atoms. The monoisotopic (exact) mass is 208 g/mol. The van der Waals surface area contributed by atoms with E-state index in [2.05, 4.69) is 28.4 Å². The maximum Gasteiger partial charge on any atom is 0.0753 e. The summed E-state index contributed by atoms with van der Waals surface area (Å²) in [6, 6.07) is 0.643. The smallest absolute Gasteiger partial charge is 0.0753 e. The minimum atomic E-state index is 0.643. The van der Waals surface area contributed by atoms with Crippen molar-refractivity contribution >= 4 is 5.69 Å². The molecule has 4 nitrogen and oxygen atoms in total. The summed E-state index contributed by atoms with van der Waals surface area (Å²) in [4.78, 5) is 2.42. The van der Waals surface area contributed by atoms with Gasteiger partial charge in [-0.25, -0.2) is 0 Å². The van der Waals surface area contributed by atoms with Crippen molar-refractivity contribution in [2.24, 2.45) is 7.05 Å². The van der Waals surface area contributed by atoms with Crippen LogP contribution in [-0.4, -0.2) is 35.5 Å². The van der Waals surface area contributed by atoms with Gasteiger partial charge in [0.25, 0.3) is 0 Å². The second kappa shape index (κ2) is 4.66. The predicted molar refractivity (Wildman–Crippen MR) is 62.1 cm³/mol. The lowest BCUT2D eigenvalue weighted by Gasteiger charge is -2.34. The highest BCUT2D eigenvalue weighted by Gasteiger charge is 2.19. The van der Waals surface area contributed by atoms with Gasteiger partial charge < -0.3 is 10.2 Å². The highest BCUT2D eigenvalue weighted by Crippen LogP contribution is 2.15.